The second-order valence-electron chi connectivity index (χ2n) is 5.79. The number of hydrogen-bond acceptors (Lipinski definition) is 2. The molecule has 5 nitrogen and oxygen atoms in total. The third-order valence-corrected chi connectivity index (χ3v) is 4.04. The van der Waals surface area contributed by atoms with Crippen LogP contribution >= 0.6 is 0 Å². The van der Waals surface area contributed by atoms with Crippen molar-refractivity contribution >= 4 is 11.8 Å². The van der Waals surface area contributed by atoms with Gasteiger partial charge in [-0.05, 0) is 18.6 Å². The number of benzene rings is 1. The van der Waals surface area contributed by atoms with E-state index in [0.29, 0.717) is 19.6 Å². The normalized spacial score (nSPS) is 15.6. The maximum absolute atomic E-state index is 12.3. The minimum Gasteiger partial charge on any atom is -0.351 e. The van der Waals surface area contributed by atoms with Crippen molar-refractivity contribution in [3.05, 3.63) is 35.9 Å². The minimum atomic E-state index is 0.0899. The van der Waals surface area contributed by atoms with Crippen molar-refractivity contribution in [3.63, 3.8) is 0 Å². The van der Waals surface area contributed by atoms with E-state index in [1.807, 2.05) is 35.2 Å². The van der Waals surface area contributed by atoms with Crippen LogP contribution in [-0.4, -0.2) is 56.0 Å². The number of amides is 2. The van der Waals surface area contributed by atoms with Crippen molar-refractivity contribution in [2.45, 2.75) is 19.8 Å². The monoisotopic (exact) mass is 304 g/mol. The largest absolute Gasteiger partial charge is 0.351 e. The molecule has 2 amide bonds. The number of rotatable bonds is 6. The molecule has 2 rings (SSSR count). The lowest BCUT2D eigenvalue weighted by atomic mass is 10.2. The summed E-state index contributed by atoms with van der Waals surface area (Å²) >= 11 is 0. The van der Waals surface area contributed by atoms with Crippen LogP contribution in [0.2, 0.25) is 0 Å². The highest BCUT2D eigenvalue weighted by molar-refractivity contribution is 5.94. The molecule has 0 aliphatic carbocycles. The molecule has 1 saturated heterocycles. The summed E-state index contributed by atoms with van der Waals surface area (Å²) in [6, 6.07) is 9.38. The van der Waals surface area contributed by atoms with Crippen LogP contribution in [0.15, 0.2) is 30.3 Å². The van der Waals surface area contributed by atoms with Gasteiger partial charge >= 0.3 is 0 Å². The predicted molar refractivity (Wildman–Crippen MR) is 85.8 cm³/mol. The van der Waals surface area contributed by atoms with Gasteiger partial charge in [-0.1, -0.05) is 31.5 Å². The fourth-order valence-electron chi connectivity index (χ4n) is 2.66. The zero-order valence-corrected chi connectivity index (χ0v) is 13.3. The second kappa shape index (κ2) is 8.54. The van der Waals surface area contributed by atoms with E-state index in [1.165, 1.54) is 4.90 Å². The van der Waals surface area contributed by atoms with Crippen molar-refractivity contribution in [1.29, 1.82) is 0 Å². The molecule has 0 saturated carbocycles. The van der Waals surface area contributed by atoms with Gasteiger partial charge in [-0.15, -0.1) is 0 Å². The van der Waals surface area contributed by atoms with E-state index in [9.17, 15) is 9.59 Å². The summed E-state index contributed by atoms with van der Waals surface area (Å²) < 4.78 is 0. The lowest BCUT2D eigenvalue weighted by Gasteiger charge is -2.32. The highest BCUT2D eigenvalue weighted by Crippen LogP contribution is 2.04. The van der Waals surface area contributed by atoms with Gasteiger partial charge in [0.2, 0.25) is 0 Å². The predicted octanol–water partition coefficient (Wildman–Crippen LogP) is -0.0564. The Bertz CT molecular complexity index is 482. The average Bonchev–Trinajstić information content (AvgIpc) is 2.56. The average molecular weight is 304 g/mol. The van der Waals surface area contributed by atoms with Crippen LogP contribution in [0.4, 0.5) is 0 Å². The van der Waals surface area contributed by atoms with Gasteiger partial charge in [-0.3, -0.25) is 9.59 Å². The maximum atomic E-state index is 12.3. The Hall–Kier alpha value is -1.88. The zero-order valence-electron chi connectivity index (χ0n) is 13.3. The Kier molecular flexibility index (Phi) is 6.40. The highest BCUT2D eigenvalue weighted by atomic mass is 16.2. The van der Waals surface area contributed by atoms with Crippen molar-refractivity contribution in [2.24, 2.45) is 0 Å². The van der Waals surface area contributed by atoms with Crippen LogP contribution < -0.4 is 10.2 Å². The molecule has 22 heavy (non-hydrogen) atoms. The number of quaternary nitrogens is 1. The summed E-state index contributed by atoms with van der Waals surface area (Å²) in [6.45, 7) is 6.48. The molecule has 120 valence electrons. The molecule has 0 atom stereocenters. The molecule has 0 radical (unpaired) electrons. The number of carbonyl (C=O) groups excluding carboxylic acids is 2. The molecule has 1 heterocycles. The summed E-state index contributed by atoms with van der Waals surface area (Å²) in [7, 11) is 0. The quantitative estimate of drug-likeness (QED) is 0.724. The third kappa shape index (κ3) is 4.84. The summed E-state index contributed by atoms with van der Waals surface area (Å²) in [6.07, 6.45) is 2.12. The molecule has 0 bridgehead atoms. The lowest BCUT2D eigenvalue weighted by Crippen LogP contribution is -3.15. The highest BCUT2D eigenvalue weighted by Gasteiger charge is 2.25. The molecule has 0 aromatic heterocycles. The van der Waals surface area contributed by atoms with Crippen LogP contribution in [0.3, 0.4) is 0 Å². The van der Waals surface area contributed by atoms with Crippen LogP contribution in [0.5, 0.6) is 0 Å². The van der Waals surface area contributed by atoms with E-state index in [-0.39, 0.29) is 11.8 Å². The summed E-state index contributed by atoms with van der Waals surface area (Å²) in [4.78, 5) is 27.3. The van der Waals surface area contributed by atoms with E-state index in [2.05, 4.69) is 12.2 Å². The Labute approximate surface area is 132 Å². The van der Waals surface area contributed by atoms with Gasteiger partial charge in [0.15, 0.2) is 6.54 Å². The molecular formula is C17H26N3O2+. The number of nitrogens with one attached hydrogen (secondary N) is 2. The Morgan fingerprint density at radius 3 is 2.50 bits per heavy atom. The smallest absolute Gasteiger partial charge is 0.275 e. The van der Waals surface area contributed by atoms with Gasteiger partial charge in [-0.2, -0.15) is 0 Å². The molecule has 1 fully saturated rings. The van der Waals surface area contributed by atoms with Crippen LogP contribution in [0, 0.1) is 0 Å². The molecule has 1 aromatic rings. The number of nitrogens with zero attached hydrogens (tertiary/aromatic N) is 1. The molecule has 5 heteroatoms. The fourth-order valence-corrected chi connectivity index (χ4v) is 2.66. The van der Waals surface area contributed by atoms with E-state index >= 15 is 0 Å². The van der Waals surface area contributed by atoms with Crippen LogP contribution in [0.1, 0.15) is 30.1 Å². The first-order chi connectivity index (χ1) is 10.7. The summed E-state index contributed by atoms with van der Waals surface area (Å²) in [5.74, 6) is 0.207. The number of piperazine rings is 1. The van der Waals surface area contributed by atoms with Crippen molar-refractivity contribution in [1.82, 2.24) is 10.2 Å². The molecule has 1 aromatic carbocycles. The van der Waals surface area contributed by atoms with E-state index in [4.69, 9.17) is 0 Å². The Balaban J connectivity index is 1.74. The number of unbranched alkanes of at least 4 members (excludes halogenated alkanes) is 1. The zero-order chi connectivity index (χ0) is 15.8. The first-order valence-electron chi connectivity index (χ1n) is 8.15. The van der Waals surface area contributed by atoms with E-state index in [0.717, 1.165) is 38.0 Å². The SMILES string of the molecule is CCCCNC(=O)C[NH+]1CCN(C(=O)c2ccccc2)CC1. The Morgan fingerprint density at radius 2 is 1.86 bits per heavy atom. The van der Waals surface area contributed by atoms with Gasteiger partial charge in [0.25, 0.3) is 11.8 Å². The second-order valence-corrected chi connectivity index (χ2v) is 5.79. The van der Waals surface area contributed by atoms with Gasteiger partial charge in [0.1, 0.15) is 0 Å². The van der Waals surface area contributed by atoms with Crippen molar-refractivity contribution < 1.29 is 14.5 Å². The number of carbonyl (C=O) groups is 2. The molecule has 0 unspecified atom stereocenters. The van der Waals surface area contributed by atoms with Crippen molar-refractivity contribution in [2.75, 3.05) is 39.3 Å². The minimum absolute atomic E-state index is 0.0899. The van der Waals surface area contributed by atoms with E-state index in [1.54, 1.807) is 0 Å². The first kappa shape index (κ1) is 16.5. The molecule has 1 aliphatic rings. The third-order valence-electron chi connectivity index (χ3n) is 4.04. The molecule has 2 N–H and O–H groups in total. The maximum Gasteiger partial charge on any atom is 0.275 e. The number of hydrogen-bond donors (Lipinski definition) is 2. The van der Waals surface area contributed by atoms with Gasteiger partial charge in [0, 0.05) is 12.1 Å². The van der Waals surface area contributed by atoms with Crippen LogP contribution in [-0.2, 0) is 4.79 Å². The standard InChI is InChI=1S/C17H25N3O2/c1-2-3-9-18-16(21)14-19-10-12-20(13-11-19)17(22)15-7-5-4-6-8-15/h4-8H,2-3,9-14H2,1H3,(H,18,21)/p+1. The van der Waals surface area contributed by atoms with Crippen molar-refractivity contribution in [3.8, 4) is 0 Å². The first-order valence-corrected chi connectivity index (χ1v) is 8.15. The van der Waals surface area contributed by atoms with Gasteiger partial charge < -0.3 is 15.1 Å². The van der Waals surface area contributed by atoms with Gasteiger partial charge in [-0.25, -0.2) is 0 Å². The van der Waals surface area contributed by atoms with Gasteiger partial charge in [0.05, 0.1) is 26.2 Å². The molecular weight excluding hydrogens is 278 g/mol. The van der Waals surface area contributed by atoms with Crippen LogP contribution in [0.25, 0.3) is 0 Å². The molecule has 0 spiro atoms. The summed E-state index contributed by atoms with van der Waals surface area (Å²) in [5, 5.41) is 2.95. The molecule has 1 aliphatic heterocycles. The topological polar surface area (TPSA) is 53.9 Å². The van der Waals surface area contributed by atoms with E-state index < -0.39 is 0 Å². The lowest BCUT2D eigenvalue weighted by molar-refractivity contribution is -0.896. The summed E-state index contributed by atoms with van der Waals surface area (Å²) in [5.41, 5.74) is 0.739. The fraction of sp³-hybridized carbons (Fsp3) is 0.529. The Morgan fingerprint density at radius 1 is 1.18 bits per heavy atom.